The Hall–Kier alpha value is -2.57. The summed E-state index contributed by atoms with van der Waals surface area (Å²) in [6.07, 6.45) is 2.20. The van der Waals surface area contributed by atoms with Crippen LogP contribution in [0.1, 0.15) is 30.7 Å². The van der Waals surface area contributed by atoms with E-state index in [4.69, 9.17) is 26.1 Å². The lowest BCUT2D eigenvalue weighted by molar-refractivity contribution is -0.130. The van der Waals surface area contributed by atoms with Gasteiger partial charge in [-0.25, -0.2) is 4.98 Å². The van der Waals surface area contributed by atoms with E-state index in [0.717, 1.165) is 59.0 Å². The Morgan fingerprint density at radius 1 is 1.33 bits per heavy atom. The summed E-state index contributed by atoms with van der Waals surface area (Å²) in [7, 11) is 0. The molecule has 6 nitrogen and oxygen atoms in total. The molecule has 1 saturated heterocycles. The van der Waals surface area contributed by atoms with E-state index < -0.39 is 0 Å². The fraction of sp³-hybridized carbons (Fsp3) is 0.391. The van der Waals surface area contributed by atoms with Crippen molar-refractivity contribution in [3.63, 3.8) is 0 Å². The fourth-order valence-electron chi connectivity index (χ4n) is 3.69. The summed E-state index contributed by atoms with van der Waals surface area (Å²) in [6, 6.07) is 13.7. The predicted octanol–water partition coefficient (Wildman–Crippen LogP) is 4.26. The van der Waals surface area contributed by atoms with Crippen molar-refractivity contribution in [1.82, 2.24) is 14.9 Å². The Bertz CT molecular complexity index is 1030. The fourth-order valence-corrected chi connectivity index (χ4v) is 3.81. The summed E-state index contributed by atoms with van der Waals surface area (Å²) < 4.78 is 13.5. The number of amides is 1. The molecule has 1 fully saturated rings. The van der Waals surface area contributed by atoms with Crippen LogP contribution in [0.2, 0.25) is 5.02 Å². The van der Waals surface area contributed by atoms with E-state index in [1.807, 2.05) is 43.3 Å². The van der Waals surface area contributed by atoms with E-state index in [1.54, 1.807) is 0 Å². The van der Waals surface area contributed by atoms with E-state index in [0.29, 0.717) is 19.8 Å². The number of halogens is 1. The summed E-state index contributed by atoms with van der Waals surface area (Å²) in [5.41, 5.74) is 2.98. The van der Waals surface area contributed by atoms with Gasteiger partial charge in [-0.2, -0.15) is 0 Å². The molecular weight excluding hydrogens is 402 g/mol. The molecule has 4 rings (SSSR count). The number of carbonyl (C=O) groups excluding carboxylic acids is 1. The molecule has 7 heteroatoms. The van der Waals surface area contributed by atoms with Gasteiger partial charge in [-0.05, 0) is 62.1 Å². The van der Waals surface area contributed by atoms with Crippen LogP contribution in [-0.2, 0) is 22.6 Å². The first-order valence-corrected chi connectivity index (χ1v) is 10.7. The number of ether oxygens (including phenoxy) is 2. The number of aromatic nitrogens is 2. The van der Waals surface area contributed by atoms with Gasteiger partial charge in [-0.15, -0.1) is 0 Å². The molecule has 3 aromatic rings. The SMILES string of the molecule is Cc1cc(OCCCn2c(CNC(=O)C3CCCO3)nc3ccccc32)ccc1Cl. The number of imidazole rings is 1. The average Bonchev–Trinajstić information content (AvgIpc) is 3.40. The third kappa shape index (κ3) is 4.77. The number of para-hydroxylation sites is 2. The molecule has 158 valence electrons. The van der Waals surface area contributed by atoms with Crippen molar-refractivity contribution in [1.29, 1.82) is 0 Å². The van der Waals surface area contributed by atoms with E-state index in [9.17, 15) is 4.79 Å². The molecule has 1 N–H and O–H groups in total. The van der Waals surface area contributed by atoms with Crippen LogP contribution in [0.3, 0.4) is 0 Å². The molecule has 1 atom stereocenters. The van der Waals surface area contributed by atoms with Crippen molar-refractivity contribution in [2.45, 2.75) is 45.4 Å². The van der Waals surface area contributed by atoms with Crippen molar-refractivity contribution in [2.24, 2.45) is 0 Å². The molecule has 0 saturated carbocycles. The minimum Gasteiger partial charge on any atom is -0.494 e. The first-order valence-electron chi connectivity index (χ1n) is 10.3. The highest BCUT2D eigenvalue weighted by atomic mass is 35.5. The van der Waals surface area contributed by atoms with Gasteiger partial charge in [0.15, 0.2) is 0 Å². The highest BCUT2D eigenvalue weighted by Gasteiger charge is 2.23. The molecule has 1 aliphatic heterocycles. The maximum absolute atomic E-state index is 12.3. The molecule has 0 aliphatic carbocycles. The Kier molecular flexibility index (Phi) is 6.55. The van der Waals surface area contributed by atoms with Crippen molar-refractivity contribution in [3.8, 4) is 5.75 Å². The third-order valence-electron chi connectivity index (χ3n) is 5.30. The molecule has 0 radical (unpaired) electrons. The summed E-state index contributed by atoms with van der Waals surface area (Å²) >= 11 is 6.07. The number of nitrogens with zero attached hydrogens (tertiary/aromatic N) is 2. The zero-order chi connectivity index (χ0) is 20.9. The highest BCUT2D eigenvalue weighted by molar-refractivity contribution is 6.31. The summed E-state index contributed by atoms with van der Waals surface area (Å²) in [5.74, 6) is 1.59. The second-order valence-corrected chi connectivity index (χ2v) is 7.91. The van der Waals surface area contributed by atoms with Crippen molar-refractivity contribution >= 4 is 28.5 Å². The maximum atomic E-state index is 12.3. The molecule has 1 amide bonds. The normalized spacial score (nSPS) is 16.1. The van der Waals surface area contributed by atoms with E-state index in [-0.39, 0.29) is 12.0 Å². The zero-order valence-electron chi connectivity index (χ0n) is 17.1. The van der Waals surface area contributed by atoms with Gasteiger partial charge in [0, 0.05) is 18.2 Å². The van der Waals surface area contributed by atoms with Crippen LogP contribution in [0.25, 0.3) is 11.0 Å². The van der Waals surface area contributed by atoms with Crippen molar-refractivity contribution < 1.29 is 14.3 Å². The maximum Gasteiger partial charge on any atom is 0.249 e. The Balaban J connectivity index is 1.39. The second kappa shape index (κ2) is 9.49. The lowest BCUT2D eigenvalue weighted by Gasteiger charge is -2.13. The van der Waals surface area contributed by atoms with Gasteiger partial charge in [0.25, 0.3) is 0 Å². The first kappa shape index (κ1) is 20.7. The molecule has 0 bridgehead atoms. The van der Waals surface area contributed by atoms with Gasteiger partial charge in [-0.1, -0.05) is 23.7 Å². The molecule has 30 heavy (non-hydrogen) atoms. The molecule has 0 spiro atoms. The minimum atomic E-state index is -0.334. The quantitative estimate of drug-likeness (QED) is 0.545. The largest absolute Gasteiger partial charge is 0.494 e. The number of nitrogens with one attached hydrogen (secondary N) is 1. The molecule has 1 aromatic heterocycles. The highest BCUT2D eigenvalue weighted by Crippen LogP contribution is 2.22. The van der Waals surface area contributed by atoms with E-state index >= 15 is 0 Å². The van der Waals surface area contributed by atoms with Gasteiger partial charge in [0.1, 0.15) is 17.7 Å². The monoisotopic (exact) mass is 427 g/mol. The van der Waals surface area contributed by atoms with Crippen LogP contribution >= 0.6 is 11.6 Å². The lowest BCUT2D eigenvalue weighted by Crippen LogP contribution is -2.34. The number of rotatable bonds is 8. The Morgan fingerprint density at radius 2 is 2.20 bits per heavy atom. The van der Waals surface area contributed by atoms with Crippen LogP contribution in [0.5, 0.6) is 5.75 Å². The first-order chi connectivity index (χ1) is 14.6. The van der Waals surface area contributed by atoms with Crippen LogP contribution in [0.4, 0.5) is 0 Å². The summed E-state index contributed by atoms with van der Waals surface area (Å²) in [6.45, 7) is 4.33. The van der Waals surface area contributed by atoms with Gasteiger partial charge in [0.05, 0.1) is 24.2 Å². The Morgan fingerprint density at radius 3 is 3.00 bits per heavy atom. The number of hydrogen-bond donors (Lipinski definition) is 1. The number of fused-ring (bicyclic) bond motifs is 1. The van der Waals surface area contributed by atoms with Gasteiger partial charge in [0.2, 0.25) is 5.91 Å². The van der Waals surface area contributed by atoms with Crippen LogP contribution in [-0.4, -0.2) is 34.8 Å². The third-order valence-corrected chi connectivity index (χ3v) is 5.72. The van der Waals surface area contributed by atoms with E-state index in [2.05, 4.69) is 16.0 Å². The molecule has 2 aromatic carbocycles. The van der Waals surface area contributed by atoms with Crippen molar-refractivity contribution in [2.75, 3.05) is 13.2 Å². The average molecular weight is 428 g/mol. The van der Waals surface area contributed by atoms with Gasteiger partial charge < -0.3 is 19.4 Å². The lowest BCUT2D eigenvalue weighted by atomic mass is 10.2. The summed E-state index contributed by atoms with van der Waals surface area (Å²) in [4.78, 5) is 17.0. The standard InChI is InChI=1S/C23H26ClN3O3/c1-16-14-17(9-10-18(16)24)29-13-5-11-27-20-7-3-2-6-19(20)26-22(27)15-25-23(28)21-8-4-12-30-21/h2-3,6-7,9-10,14,21H,4-5,8,11-13,15H2,1H3,(H,25,28). The number of aryl methyl sites for hydroxylation is 2. The van der Waals surface area contributed by atoms with Crippen LogP contribution < -0.4 is 10.1 Å². The minimum absolute atomic E-state index is 0.0625. The molecule has 1 aliphatic rings. The topological polar surface area (TPSA) is 65.4 Å². The number of hydrogen-bond acceptors (Lipinski definition) is 4. The predicted molar refractivity (Wildman–Crippen MR) is 117 cm³/mol. The van der Waals surface area contributed by atoms with Crippen molar-refractivity contribution in [3.05, 3.63) is 58.9 Å². The van der Waals surface area contributed by atoms with Crippen LogP contribution in [0.15, 0.2) is 42.5 Å². The van der Waals surface area contributed by atoms with E-state index in [1.165, 1.54) is 0 Å². The summed E-state index contributed by atoms with van der Waals surface area (Å²) in [5, 5.41) is 3.72. The number of carbonyl (C=O) groups is 1. The zero-order valence-corrected chi connectivity index (χ0v) is 17.8. The molecular formula is C23H26ClN3O3. The smallest absolute Gasteiger partial charge is 0.249 e. The molecule has 2 heterocycles. The van der Waals surface area contributed by atoms with Crippen LogP contribution in [0, 0.1) is 6.92 Å². The molecule has 1 unspecified atom stereocenters. The van der Waals surface area contributed by atoms with Gasteiger partial charge in [-0.3, -0.25) is 4.79 Å². The second-order valence-electron chi connectivity index (χ2n) is 7.50. The Labute approximate surface area is 181 Å². The number of benzene rings is 2. The van der Waals surface area contributed by atoms with Gasteiger partial charge >= 0.3 is 0 Å².